The van der Waals surface area contributed by atoms with E-state index in [4.69, 9.17) is 0 Å². The van der Waals surface area contributed by atoms with Crippen molar-refractivity contribution >= 4 is 11.8 Å². The van der Waals surface area contributed by atoms with Crippen LogP contribution in [0.4, 0.5) is 0 Å². The molecule has 1 N–H and O–H groups in total. The van der Waals surface area contributed by atoms with Crippen LogP contribution in [-0.2, 0) is 9.59 Å². The Labute approximate surface area is 128 Å². The first-order valence-electron chi connectivity index (χ1n) is 8.65. The molecule has 2 rings (SSSR count). The molecule has 0 radical (unpaired) electrons. The Balaban J connectivity index is 2.32. The summed E-state index contributed by atoms with van der Waals surface area (Å²) in [5.41, 5.74) is -0.594. The fourth-order valence-corrected chi connectivity index (χ4v) is 4.25. The topological polar surface area (TPSA) is 49.4 Å². The summed E-state index contributed by atoms with van der Waals surface area (Å²) in [4.78, 5) is 27.6. The Morgan fingerprint density at radius 3 is 2.24 bits per heavy atom. The molecular formula is C17H30N2O2. The van der Waals surface area contributed by atoms with Gasteiger partial charge < -0.3 is 10.2 Å². The second-order valence-corrected chi connectivity index (χ2v) is 6.73. The van der Waals surface area contributed by atoms with Gasteiger partial charge in [0.2, 0.25) is 11.8 Å². The summed E-state index contributed by atoms with van der Waals surface area (Å²) >= 11 is 0. The third-order valence-electron chi connectivity index (χ3n) is 5.66. The molecule has 2 unspecified atom stereocenters. The smallest absolute Gasteiger partial charge is 0.249 e. The van der Waals surface area contributed by atoms with Gasteiger partial charge in [-0.1, -0.05) is 46.5 Å². The lowest BCUT2D eigenvalue weighted by Crippen LogP contribution is -2.71. The number of hydrogen-bond acceptors (Lipinski definition) is 2. The molecule has 2 aliphatic rings. The number of carbonyl (C=O) groups excluding carboxylic acids is 2. The van der Waals surface area contributed by atoms with Crippen LogP contribution in [0.2, 0.25) is 0 Å². The number of nitrogens with one attached hydrogen (secondary N) is 1. The van der Waals surface area contributed by atoms with Crippen LogP contribution in [0, 0.1) is 5.92 Å². The molecular weight excluding hydrogens is 264 g/mol. The number of piperazine rings is 1. The van der Waals surface area contributed by atoms with E-state index in [9.17, 15) is 9.59 Å². The van der Waals surface area contributed by atoms with Gasteiger partial charge in [-0.15, -0.1) is 0 Å². The van der Waals surface area contributed by atoms with Crippen molar-refractivity contribution in [3.8, 4) is 0 Å². The summed E-state index contributed by atoms with van der Waals surface area (Å²) in [6.07, 6.45) is 6.48. The van der Waals surface area contributed by atoms with Crippen molar-refractivity contribution in [2.75, 3.05) is 0 Å². The molecule has 1 spiro atoms. The summed E-state index contributed by atoms with van der Waals surface area (Å²) in [5.74, 6) is 0.690. The van der Waals surface area contributed by atoms with Gasteiger partial charge in [0.15, 0.2) is 0 Å². The van der Waals surface area contributed by atoms with Crippen LogP contribution in [0.3, 0.4) is 0 Å². The monoisotopic (exact) mass is 294 g/mol. The van der Waals surface area contributed by atoms with Crippen LogP contribution in [0.1, 0.15) is 72.6 Å². The van der Waals surface area contributed by atoms with E-state index in [1.807, 2.05) is 11.8 Å². The minimum atomic E-state index is -0.594. The fraction of sp³-hybridized carbons (Fsp3) is 0.882. The number of rotatable bonds is 5. The highest BCUT2D eigenvalue weighted by molar-refractivity contribution is 6.00. The number of nitrogens with zero attached hydrogens (tertiary/aromatic N) is 1. The number of carbonyl (C=O) groups is 2. The lowest BCUT2D eigenvalue weighted by atomic mass is 9.85. The van der Waals surface area contributed by atoms with E-state index in [1.165, 1.54) is 0 Å². The van der Waals surface area contributed by atoms with Gasteiger partial charge in [0.1, 0.15) is 11.6 Å². The highest BCUT2D eigenvalue weighted by Gasteiger charge is 2.53. The lowest BCUT2D eigenvalue weighted by molar-refractivity contribution is -0.159. The molecule has 2 fully saturated rings. The Morgan fingerprint density at radius 1 is 1.19 bits per heavy atom. The zero-order chi connectivity index (χ0) is 15.6. The van der Waals surface area contributed by atoms with Crippen LogP contribution in [0.5, 0.6) is 0 Å². The maximum Gasteiger partial charge on any atom is 0.249 e. The Bertz CT molecular complexity index is 398. The molecule has 4 heteroatoms. The highest BCUT2D eigenvalue weighted by atomic mass is 16.2. The van der Waals surface area contributed by atoms with Crippen molar-refractivity contribution in [1.29, 1.82) is 0 Å². The Morgan fingerprint density at radius 2 is 1.76 bits per heavy atom. The van der Waals surface area contributed by atoms with Gasteiger partial charge in [-0.05, 0) is 32.1 Å². The molecule has 0 aromatic carbocycles. The Hall–Kier alpha value is -1.06. The predicted molar refractivity (Wildman–Crippen MR) is 83.8 cm³/mol. The van der Waals surface area contributed by atoms with E-state index < -0.39 is 5.54 Å². The van der Waals surface area contributed by atoms with Crippen molar-refractivity contribution in [3.05, 3.63) is 0 Å². The summed E-state index contributed by atoms with van der Waals surface area (Å²) < 4.78 is 0. The van der Waals surface area contributed by atoms with Crippen LogP contribution >= 0.6 is 0 Å². The van der Waals surface area contributed by atoms with Gasteiger partial charge >= 0.3 is 0 Å². The second-order valence-electron chi connectivity index (χ2n) is 6.73. The van der Waals surface area contributed by atoms with Gasteiger partial charge in [0.25, 0.3) is 0 Å². The normalized spacial score (nSPS) is 26.5. The van der Waals surface area contributed by atoms with E-state index in [2.05, 4.69) is 26.1 Å². The van der Waals surface area contributed by atoms with Crippen molar-refractivity contribution in [2.24, 2.45) is 5.92 Å². The van der Waals surface area contributed by atoms with Crippen LogP contribution in [0.25, 0.3) is 0 Å². The second kappa shape index (κ2) is 6.37. The average molecular weight is 294 g/mol. The lowest BCUT2D eigenvalue weighted by Gasteiger charge is -2.48. The zero-order valence-corrected chi connectivity index (χ0v) is 13.9. The van der Waals surface area contributed by atoms with E-state index in [1.54, 1.807) is 0 Å². The maximum absolute atomic E-state index is 13.2. The molecule has 2 atom stereocenters. The largest absolute Gasteiger partial charge is 0.340 e. The number of amides is 2. The molecule has 21 heavy (non-hydrogen) atoms. The SMILES string of the molecule is CCC(CC)C(C)N1C(=O)C2(CCCC2)NC(=O)C1CC. The Kier molecular flexibility index (Phi) is 4.95. The molecule has 0 aromatic rings. The molecule has 1 aliphatic carbocycles. The molecule has 4 nitrogen and oxygen atoms in total. The third-order valence-corrected chi connectivity index (χ3v) is 5.66. The van der Waals surface area contributed by atoms with Gasteiger partial charge in [-0.3, -0.25) is 9.59 Å². The molecule has 1 saturated carbocycles. The van der Waals surface area contributed by atoms with Crippen LogP contribution < -0.4 is 5.32 Å². The summed E-state index contributed by atoms with van der Waals surface area (Å²) in [6, 6.07) is -0.153. The standard InChI is InChI=1S/C17H30N2O2/c1-5-13(6-2)12(4)19-14(7-3)15(20)18-17(16(19)21)10-8-9-11-17/h12-14H,5-11H2,1-4H3,(H,18,20). The van der Waals surface area contributed by atoms with Crippen LogP contribution in [-0.4, -0.2) is 34.3 Å². The van der Waals surface area contributed by atoms with Crippen LogP contribution in [0.15, 0.2) is 0 Å². The molecule has 120 valence electrons. The van der Waals surface area contributed by atoms with Gasteiger partial charge in [0.05, 0.1) is 0 Å². The van der Waals surface area contributed by atoms with E-state index in [0.717, 1.165) is 38.5 Å². The fourth-order valence-electron chi connectivity index (χ4n) is 4.25. The highest BCUT2D eigenvalue weighted by Crippen LogP contribution is 2.37. The van der Waals surface area contributed by atoms with Crippen molar-refractivity contribution in [3.63, 3.8) is 0 Å². The molecule has 0 bridgehead atoms. The first-order valence-corrected chi connectivity index (χ1v) is 8.65. The van der Waals surface area contributed by atoms with E-state index >= 15 is 0 Å². The zero-order valence-electron chi connectivity index (χ0n) is 13.9. The van der Waals surface area contributed by atoms with E-state index in [0.29, 0.717) is 12.3 Å². The van der Waals surface area contributed by atoms with E-state index in [-0.39, 0.29) is 23.9 Å². The average Bonchev–Trinajstić information content (AvgIpc) is 2.93. The summed E-state index contributed by atoms with van der Waals surface area (Å²) in [6.45, 7) is 8.47. The summed E-state index contributed by atoms with van der Waals surface area (Å²) in [5, 5.41) is 3.07. The summed E-state index contributed by atoms with van der Waals surface area (Å²) in [7, 11) is 0. The minimum Gasteiger partial charge on any atom is -0.340 e. The molecule has 2 amide bonds. The van der Waals surface area contributed by atoms with Gasteiger partial charge in [-0.25, -0.2) is 0 Å². The van der Waals surface area contributed by atoms with Crippen molar-refractivity contribution in [1.82, 2.24) is 10.2 Å². The quantitative estimate of drug-likeness (QED) is 0.847. The minimum absolute atomic E-state index is 0.0526. The first kappa shape index (κ1) is 16.3. The maximum atomic E-state index is 13.2. The van der Waals surface area contributed by atoms with Crippen molar-refractivity contribution < 1.29 is 9.59 Å². The molecule has 1 saturated heterocycles. The van der Waals surface area contributed by atoms with Gasteiger partial charge in [0, 0.05) is 6.04 Å². The predicted octanol–water partition coefficient (Wildman–Crippen LogP) is 2.86. The van der Waals surface area contributed by atoms with Crippen molar-refractivity contribution in [2.45, 2.75) is 90.3 Å². The third kappa shape index (κ3) is 2.69. The molecule has 1 aliphatic heterocycles. The van der Waals surface area contributed by atoms with Gasteiger partial charge in [-0.2, -0.15) is 0 Å². The number of hydrogen-bond donors (Lipinski definition) is 1. The first-order chi connectivity index (χ1) is 10.0. The molecule has 0 aromatic heterocycles. The molecule has 1 heterocycles.